The predicted molar refractivity (Wildman–Crippen MR) is 84.4 cm³/mol. The lowest BCUT2D eigenvalue weighted by atomic mass is 9.57. The van der Waals surface area contributed by atoms with Crippen molar-refractivity contribution < 1.29 is 9.53 Å². The molecule has 0 spiro atoms. The monoisotopic (exact) mass is 278 g/mol. The Balaban J connectivity index is 3.59. The first-order chi connectivity index (χ1) is 8.73. The lowest BCUT2D eigenvalue weighted by Gasteiger charge is -2.47. The van der Waals surface area contributed by atoms with Gasteiger partial charge in [-0.05, 0) is 33.0 Å². The largest absolute Gasteiger partial charge is 0.465 e. The summed E-state index contributed by atoms with van der Waals surface area (Å²) in [6.07, 6.45) is 0. The van der Waals surface area contributed by atoms with Gasteiger partial charge >= 0.3 is 5.97 Å². The Hall–Kier alpha value is -1.05. The molecule has 0 heterocycles. The molecule has 0 radical (unpaired) electrons. The number of hydrogen-bond donors (Lipinski definition) is 0. The maximum atomic E-state index is 12.3. The molecule has 0 atom stereocenters. The molecule has 0 fully saturated rings. The third-order valence-corrected chi connectivity index (χ3v) is 3.64. The van der Waals surface area contributed by atoms with Gasteiger partial charge in [0, 0.05) is 0 Å². The Bertz CT molecular complexity index is 483. The summed E-state index contributed by atoms with van der Waals surface area (Å²) in [6.45, 7) is 19.6. The van der Waals surface area contributed by atoms with Gasteiger partial charge in [0.25, 0.3) is 0 Å². The molecule has 1 rings (SSSR count). The van der Waals surface area contributed by atoms with Crippen LogP contribution in [0.15, 0.2) is 22.3 Å². The normalized spacial score (nSPS) is 17.3. The van der Waals surface area contributed by atoms with E-state index in [1.165, 1.54) is 23.8 Å². The van der Waals surface area contributed by atoms with Gasteiger partial charge in [0.2, 0.25) is 0 Å². The Labute approximate surface area is 124 Å². The fourth-order valence-electron chi connectivity index (χ4n) is 2.99. The summed E-state index contributed by atoms with van der Waals surface area (Å²) in [5.74, 6) is -0.201. The van der Waals surface area contributed by atoms with Crippen molar-refractivity contribution in [2.45, 2.75) is 62.3 Å². The van der Waals surface area contributed by atoms with E-state index in [2.05, 4.69) is 62.3 Å². The second kappa shape index (κ2) is 4.75. The molecule has 114 valence electrons. The average Bonchev–Trinajstić information content (AvgIpc) is 2.08. The van der Waals surface area contributed by atoms with Gasteiger partial charge in [-0.2, -0.15) is 0 Å². The van der Waals surface area contributed by atoms with Gasteiger partial charge in [-0.1, -0.05) is 62.3 Å². The number of carbonyl (C=O) groups excluding carboxylic acids is 1. The summed E-state index contributed by atoms with van der Waals surface area (Å²) in [6, 6.07) is 0. The summed E-state index contributed by atoms with van der Waals surface area (Å²) >= 11 is 0. The maximum Gasteiger partial charge on any atom is 0.338 e. The third kappa shape index (κ3) is 2.84. The highest BCUT2D eigenvalue weighted by Gasteiger charge is 2.47. The van der Waals surface area contributed by atoms with E-state index in [0.717, 1.165) is 5.57 Å². The van der Waals surface area contributed by atoms with Crippen LogP contribution in [0.2, 0.25) is 0 Å². The van der Waals surface area contributed by atoms with Crippen LogP contribution in [0.4, 0.5) is 0 Å². The minimum atomic E-state index is -0.201. The zero-order valence-electron chi connectivity index (χ0n) is 14.8. The molecule has 0 N–H and O–H groups in total. The molecule has 0 saturated carbocycles. The molecule has 1 aliphatic carbocycles. The van der Waals surface area contributed by atoms with Crippen molar-refractivity contribution in [1.29, 1.82) is 0 Å². The number of methoxy groups -OCH3 is 1. The Morgan fingerprint density at radius 1 is 0.700 bits per heavy atom. The van der Waals surface area contributed by atoms with E-state index in [9.17, 15) is 4.79 Å². The minimum Gasteiger partial charge on any atom is -0.465 e. The molecule has 0 saturated heterocycles. The summed E-state index contributed by atoms with van der Waals surface area (Å²) in [5.41, 5.74) is 4.39. The molecule has 0 aromatic rings. The van der Waals surface area contributed by atoms with Crippen molar-refractivity contribution >= 4 is 5.97 Å². The molecule has 2 nitrogen and oxygen atoms in total. The number of allylic oxidation sites excluding steroid dienone is 2. The van der Waals surface area contributed by atoms with E-state index < -0.39 is 0 Å². The number of esters is 1. The van der Waals surface area contributed by atoms with Crippen LogP contribution in [0.3, 0.4) is 0 Å². The quantitative estimate of drug-likeness (QED) is 0.637. The zero-order valence-corrected chi connectivity index (χ0v) is 14.8. The van der Waals surface area contributed by atoms with Gasteiger partial charge < -0.3 is 4.74 Å². The van der Waals surface area contributed by atoms with Crippen LogP contribution >= 0.6 is 0 Å². The van der Waals surface area contributed by atoms with Crippen molar-refractivity contribution in [3.05, 3.63) is 22.3 Å². The fourth-order valence-corrected chi connectivity index (χ4v) is 2.99. The Morgan fingerprint density at radius 2 is 1.05 bits per heavy atom. The van der Waals surface area contributed by atoms with Gasteiger partial charge in [-0.3, -0.25) is 0 Å². The number of hydrogen-bond acceptors (Lipinski definition) is 2. The van der Waals surface area contributed by atoms with Crippen LogP contribution in [0.1, 0.15) is 62.3 Å². The maximum absolute atomic E-state index is 12.3. The van der Waals surface area contributed by atoms with Gasteiger partial charge in [-0.25, -0.2) is 4.79 Å². The zero-order chi connectivity index (χ0) is 16.1. The van der Waals surface area contributed by atoms with Gasteiger partial charge in [0.05, 0.1) is 12.7 Å². The third-order valence-electron chi connectivity index (χ3n) is 3.64. The standard InChI is InChI=1S/C18H30O2/c1-16(2,3)12-11(15(19)20-10)13(17(4,5)6)14(12)18(7,8)9/h1-10H3. The van der Waals surface area contributed by atoms with E-state index in [4.69, 9.17) is 4.74 Å². The molecule has 0 aliphatic heterocycles. The molecule has 1 aliphatic rings. The number of ether oxygens (including phenoxy) is 1. The number of rotatable bonds is 1. The molecule has 2 heteroatoms. The summed E-state index contributed by atoms with van der Waals surface area (Å²) in [7, 11) is 1.46. The van der Waals surface area contributed by atoms with Gasteiger partial charge in [0.15, 0.2) is 0 Å². The number of carbonyl (C=O) groups is 1. The molecule has 0 amide bonds. The minimum absolute atomic E-state index is 0.0305. The van der Waals surface area contributed by atoms with E-state index in [1.54, 1.807) is 0 Å². The lowest BCUT2D eigenvalue weighted by molar-refractivity contribution is -0.136. The highest BCUT2D eigenvalue weighted by Crippen LogP contribution is 2.57. The van der Waals surface area contributed by atoms with E-state index in [-0.39, 0.29) is 22.2 Å². The summed E-state index contributed by atoms with van der Waals surface area (Å²) in [5, 5.41) is 0. The van der Waals surface area contributed by atoms with Gasteiger partial charge in [0.1, 0.15) is 0 Å². The average molecular weight is 278 g/mol. The molecule has 0 aromatic heterocycles. The van der Waals surface area contributed by atoms with Crippen molar-refractivity contribution in [2.24, 2.45) is 16.2 Å². The van der Waals surface area contributed by atoms with Crippen LogP contribution < -0.4 is 0 Å². The molecule has 0 unspecified atom stereocenters. The first kappa shape index (κ1) is 17.0. The SMILES string of the molecule is COC(=O)C1=C(C(C)(C)C)C(C(C)(C)C)=C1C(C)(C)C. The lowest BCUT2D eigenvalue weighted by Crippen LogP contribution is -2.37. The molecule has 0 aromatic carbocycles. The fraction of sp³-hybridized carbons (Fsp3) is 0.722. The Morgan fingerprint density at radius 3 is 1.30 bits per heavy atom. The highest BCUT2D eigenvalue weighted by atomic mass is 16.5. The van der Waals surface area contributed by atoms with Crippen molar-refractivity contribution in [1.82, 2.24) is 0 Å². The molecule has 20 heavy (non-hydrogen) atoms. The van der Waals surface area contributed by atoms with E-state index >= 15 is 0 Å². The van der Waals surface area contributed by atoms with Gasteiger partial charge in [-0.15, -0.1) is 0 Å². The summed E-state index contributed by atoms with van der Waals surface area (Å²) < 4.78 is 5.03. The smallest absolute Gasteiger partial charge is 0.338 e. The van der Waals surface area contributed by atoms with Crippen LogP contribution in [0.25, 0.3) is 0 Å². The Kier molecular flexibility index (Phi) is 4.04. The van der Waals surface area contributed by atoms with Crippen LogP contribution in [0, 0.1) is 16.2 Å². The second-order valence-electron chi connectivity index (χ2n) is 8.74. The van der Waals surface area contributed by atoms with E-state index in [0.29, 0.717) is 0 Å². The first-order valence-corrected chi connectivity index (χ1v) is 7.32. The van der Waals surface area contributed by atoms with Crippen molar-refractivity contribution in [3.8, 4) is 0 Å². The van der Waals surface area contributed by atoms with Crippen molar-refractivity contribution in [2.75, 3.05) is 7.11 Å². The van der Waals surface area contributed by atoms with Crippen molar-refractivity contribution in [3.63, 3.8) is 0 Å². The second-order valence-corrected chi connectivity index (χ2v) is 8.74. The molecular weight excluding hydrogens is 248 g/mol. The summed E-state index contributed by atoms with van der Waals surface area (Å²) in [4.78, 5) is 12.3. The van der Waals surface area contributed by atoms with Crippen LogP contribution in [0.5, 0.6) is 0 Å². The first-order valence-electron chi connectivity index (χ1n) is 7.32. The topological polar surface area (TPSA) is 26.3 Å². The van der Waals surface area contributed by atoms with Crippen LogP contribution in [-0.4, -0.2) is 13.1 Å². The predicted octanol–water partition coefficient (Wildman–Crippen LogP) is 4.90. The molecule has 0 bridgehead atoms. The highest BCUT2D eigenvalue weighted by molar-refractivity contribution is 6.00. The van der Waals surface area contributed by atoms with E-state index in [1.807, 2.05) is 0 Å². The molecular formula is C18H30O2. The van der Waals surface area contributed by atoms with Crippen LogP contribution in [-0.2, 0) is 9.53 Å².